The Balaban J connectivity index is 1.52. The maximum absolute atomic E-state index is 12.4. The highest BCUT2D eigenvalue weighted by atomic mass is 16.5. The molecule has 0 aliphatic rings. The second-order valence-electron chi connectivity index (χ2n) is 6.36. The Labute approximate surface area is 169 Å². The second-order valence-corrected chi connectivity index (χ2v) is 6.36. The summed E-state index contributed by atoms with van der Waals surface area (Å²) < 4.78 is 11.3. The highest BCUT2D eigenvalue weighted by Crippen LogP contribution is 2.18. The lowest BCUT2D eigenvalue weighted by Gasteiger charge is -2.15. The topological polar surface area (TPSA) is 84.2 Å². The summed E-state index contributed by atoms with van der Waals surface area (Å²) in [4.78, 5) is 16.6. The predicted octanol–water partition coefficient (Wildman–Crippen LogP) is 3.62. The molecule has 3 rings (SSSR count). The first kappa shape index (κ1) is 19.9. The summed E-state index contributed by atoms with van der Waals surface area (Å²) >= 11 is 0. The highest BCUT2D eigenvalue weighted by Gasteiger charge is 2.16. The maximum Gasteiger partial charge on any atom is 0.261 e. The molecule has 29 heavy (non-hydrogen) atoms. The molecule has 1 amide bonds. The van der Waals surface area contributed by atoms with Gasteiger partial charge in [0.2, 0.25) is 5.88 Å². The number of pyridine rings is 1. The van der Waals surface area contributed by atoms with Gasteiger partial charge in [-0.15, -0.1) is 0 Å². The van der Waals surface area contributed by atoms with Crippen LogP contribution in [-0.4, -0.2) is 17.0 Å². The van der Waals surface area contributed by atoms with Crippen LogP contribution >= 0.6 is 0 Å². The molecule has 1 heterocycles. The summed E-state index contributed by atoms with van der Waals surface area (Å²) in [5.41, 5.74) is 2.30. The first-order valence-corrected chi connectivity index (χ1v) is 9.21. The number of aromatic nitrogens is 1. The normalized spacial score (nSPS) is 11.2. The van der Waals surface area contributed by atoms with Gasteiger partial charge < -0.3 is 14.8 Å². The summed E-state index contributed by atoms with van der Waals surface area (Å²) in [7, 11) is 0. The number of ether oxygens (including phenoxy) is 2. The zero-order valence-corrected chi connectivity index (χ0v) is 16.0. The third kappa shape index (κ3) is 5.81. The first-order chi connectivity index (χ1) is 14.2. The smallest absolute Gasteiger partial charge is 0.261 e. The number of benzene rings is 2. The van der Waals surface area contributed by atoms with Crippen LogP contribution in [0.1, 0.15) is 23.6 Å². The molecular weight excluding hydrogens is 366 g/mol. The van der Waals surface area contributed by atoms with Crippen LogP contribution < -0.4 is 14.8 Å². The molecule has 3 aromatic rings. The number of hydrogen-bond donors (Lipinski definition) is 1. The van der Waals surface area contributed by atoms with Gasteiger partial charge in [0.15, 0.2) is 6.10 Å². The van der Waals surface area contributed by atoms with Crippen LogP contribution in [0.3, 0.4) is 0 Å². The van der Waals surface area contributed by atoms with E-state index in [1.165, 1.54) is 0 Å². The molecule has 2 aromatic carbocycles. The molecule has 1 N–H and O–H groups in total. The molecule has 6 heteroatoms. The fraction of sp³-hybridized carbons (Fsp3) is 0.174. The molecule has 0 saturated heterocycles. The zero-order valence-electron chi connectivity index (χ0n) is 16.0. The van der Waals surface area contributed by atoms with Crippen LogP contribution in [-0.2, 0) is 17.9 Å². The van der Waals surface area contributed by atoms with Crippen LogP contribution in [0.4, 0.5) is 0 Å². The molecular formula is C23H21N3O3. The van der Waals surface area contributed by atoms with Crippen LogP contribution in [0.25, 0.3) is 0 Å². The van der Waals surface area contributed by atoms with E-state index in [0.29, 0.717) is 30.3 Å². The van der Waals surface area contributed by atoms with Gasteiger partial charge in [-0.2, -0.15) is 5.26 Å². The van der Waals surface area contributed by atoms with Gasteiger partial charge in [0.1, 0.15) is 18.4 Å². The second kappa shape index (κ2) is 9.90. The molecule has 146 valence electrons. The van der Waals surface area contributed by atoms with Gasteiger partial charge in [-0.25, -0.2) is 4.98 Å². The molecule has 1 unspecified atom stereocenters. The fourth-order valence-electron chi connectivity index (χ4n) is 2.61. The summed E-state index contributed by atoms with van der Waals surface area (Å²) in [6.45, 7) is 2.38. The number of carbonyl (C=O) groups excluding carboxylic acids is 1. The van der Waals surface area contributed by atoms with Gasteiger partial charge in [0, 0.05) is 18.8 Å². The Bertz CT molecular complexity index is 1000. The van der Waals surface area contributed by atoms with Crippen molar-refractivity contribution < 1.29 is 14.3 Å². The van der Waals surface area contributed by atoms with E-state index in [1.54, 1.807) is 43.5 Å². The van der Waals surface area contributed by atoms with Crippen molar-refractivity contribution in [2.45, 2.75) is 26.2 Å². The van der Waals surface area contributed by atoms with E-state index in [0.717, 1.165) is 11.1 Å². The molecule has 0 aliphatic carbocycles. The van der Waals surface area contributed by atoms with E-state index in [4.69, 9.17) is 14.7 Å². The number of hydrogen-bond acceptors (Lipinski definition) is 5. The summed E-state index contributed by atoms with van der Waals surface area (Å²) in [5.74, 6) is 0.604. The van der Waals surface area contributed by atoms with Crippen LogP contribution in [0.2, 0.25) is 0 Å². The molecule has 0 bridgehead atoms. The van der Waals surface area contributed by atoms with Crippen molar-refractivity contribution in [3.63, 3.8) is 0 Å². The molecule has 0 fully saturated rings. The van der Waals surface area contributed by atoms with E-state index in [-0.39, 0.29) is 5.91 Å². The Morgan fingerprint density at radius 2 is 1.86 bits per heavy atom. The number of nitrogens with one attached hydrogen (secondary N) is 1. The van der Waals surface area contributed by atoms with E-state index >= 15 is 0 Å². The highest BCUT2D eigenvalue weighted by molar-refractivity contribution is 5.80. The summed E-state index contributed by atoms with van der Waals surface area (Å²) in [6, 6.07) is 22.3. The average Bonchev–Trinajstić information content (AvgIpc) is 2.77. The van der Waals surface area contributed by atoms with Crippen LogP contribution in [0.5, 0.6) is 11.6 Å². The zero-order chi connectivity index (χ0) is 20.5. The lowest BCUT2D eigenvalue weighted by Crippen LogP contribution is -2.36. The lowest BCUT2D eigenvalue weighted by molar-refractivity contribution is -0.127. The van der Waals surface area contributed by atoms with E-state index in [2.05, 4.69) is 16.4 Å². The van der Waals surface area contributed by atoms with Crippen molar-refractivity contribution in [1.82, 2.24) is 10.3 Å². The van der Waals surface area contributed by atoms with Crippen molar-refractivity contribution in [2.75, 3.05) is 0 Å². The number of rotatable bonds is 8. The summed E-state index contributed by atoms with van der Waals surface area (Å²) in [6.07, 6.45) is 0.908. The number of para-hydroxylation sites is 1. The fourth-order valence-corrected chi connectivity index (χ4v) is 2.61. The molecule has 0 aliphatic heterocycles. The van der Waals surface area contributed by atoms with E-state index in [1.807, 2.05) is 36.4 Å². The molecule has 0 saturated carbocycles. The minimum absolute atomic E-state index is 0.277. The first-order valence-electron chi connectivity index (χ1n) is 9.21. The average molecular weight is 387 g/mol. The van der Waals surface area contributed by atoms with Crippen molar-refractivity contribution in [3.05, 3.63) is 89.6 Å². The van der Waals surface area contributed by atoms with Gasteiger partial charge in [-0.1, -0.05) is 42.5 Å². The van der Waals surface area contributed by atoms with Gasteiger partial charge >= 0.3 is 0 Å². The third-order valence-electron chi connectivity index (χ3n) is 4.18. The molecule has 1 atom stereocenters. The Kier molecular flexibility index (Phi) is 6.80. The minimum Gasteiger partial charge on any atom is -0.480 e. The molecule has 1 aromatic heterocycles. The number of nitrogens with zero attached hydrogens (tertiary/aromatic N) is 2. The number of amides is 1. The van der Waals surface area contributed by atoms with Gasteiger partial charge in [0.05, 0.1) is 5.56 Å². The predicted molar refractivity (Wildman–Crippen MR) is 108 cm³/mol. The summed E-state index contributed by atoms with van der Waals surface area (Å²) in [5, 5.41) is 11.9. The Morgan fingerprint density at radius 3 is 2.66 bits per heavy atom. The van der Waals surface area contributed by atoms with Crippen molar-refractivity contribution in [2.24, 2.45) is 0 Å². The number of nitriles is 1. The SMILES string of the molecule is CC(Oc1ccccc1C#N)C(=O)NCc1ccnc(OCc2ccccc2)c1. The number of carbonyl (C=O) groups is 1. The van der Waals surface area contributed by atoms with Gasteiger partial charge in [-0.3, -0.25) is 4.79 Å². The monoisotopic (exact) mass is 387 g/mol. The standard InChI is InChI=1S/C23H21N3O3/c1-17(29-21-10-6-5-9-20(21)14-24)23(27)26-15-19-11-12-25-22(13-19)28-16-18-7-3-2-4-8-18/h2-13,17H,15-16H2,1H3,(H,26,27). The maximum atomic E-state index is 12.4. The van der Waals surface area contributed by atoms with Crippen molar-refractivity contribution >= 4 is 5.91 Å². The van der Waals surface area contributed by atoms with Gasteiger partial charge in [0.25, 0.3) is 5.91 Å². The van der Waals surface area contributed by atoms with E-state index < -0.39 is 6.10 Å². The Morgan fingerprint density at radius 1 is 1.10 bits per heavy atom. The van der Waals surface area contributed by atoms with E-state index in [9.17, 15) is 4.79 Å². The van der Waals surface area contributed by atoms with Gasteiger partial charge in [-0.05, 0) is 36.2 Å². The molecule has 0 radical (unpaired) electrons. The molecule has 0 spiro atoms. The molecule has 6 nitrogen and oxygen atoms in total. The minimum atomic E-state index is -0.736. The van der Waals surface area contributed by atoms with Crippen molar-refractivity contribution in [3.8, 4) is 17.7 Å². The van der Waals surface area contributed by atoms with Crippen LogP contribution in [0.15, 0.2) is 72.9 Å². The Hall–Kier alpha value is -3.85. The quantitative estimate of drug-likeness (QED) is 0.638. The largest absolute Gasteiger partial charge is 0.480 e. The third-order valence-corrected chi connectivity index (χ3v) is 4.18. The van der Waals surface area contributed by atoms with Crippen molar-refractivity contribution in [1.29, 1.82) is 5.26 Å². The lowest BCUT2D eigenvalue weighted by atomic mass is 10.2. The van der Waals surface area contributed by atoms with Crippen LogP contribution in [0, 0.1) is 11.3 Å².